The van der Waals surface area contributed by atoms with Crippen molar-refractivity contribution in [1.29, 1.82) is 0 Å². The summed E-state index contributed by atoms with van der Waals surface area (Å²) in [6.45, 7) is 2.07. The molecule has 0 radical (unpaired) electrons. The number of nitrogens with one attached hydrogen (secondary N) is 3. The summed E-state index contributed by atoms with van der Waals surface area (Å²) in [5.74, 6) is 0.400. The Kier molecular flexibility index (Phi) is 4.94. The highest BCUT2D eigenvalue weighted by molar-refractivity contribution is 5.58. The average molecular weight is 470 g/mol. The normalized spacial score (nSPS) is 15.7. The van der Waals surface area contributed by atoms with Gasteiger partial charge in [0, 0.05) is 23.7 Å². The van der Waals surface area contributed by atoms with Crippen LogP contribution in [0.2, 0.25) is 0 Å². The molecule has 4 N–H and O–H groups in total. The van der Waals surface area contributed by atoms with Gasteiger partial charge in [0.1, 0.15) is 11.5 Å². The molecule has 0 aliphatic heterocycles. The van der Waals surface area contributed by atoms with E-state index in [0.29, 0.717) is 22.2 Å². The van der Waals surface area contributed by atoms with Gasteiger partial charge in [-0.05, 0) is 43.5 Å². The lowest BCUT2D eigenvalue weighted by Crippen LogP contribution is -2.21. The van der Waals surface area contributed by atoms with E-state index in [1.54, 1.807) is 23.0 Å². The minimum atomic E-state index is -0.491. The number of nitrogens with zero attached hydrogens (tertiary/aromatic N) is 6. The Bertz CT molecular complexity index is 1690. The Morgan fingerprint density at radius 1 is 1.23 bits per heavy atom. The first-order valence-corrected chi connectivity index (χ1v) is 11.4. The number of H-pyrrole nitrogens is 2. The number of aromatic nitrogens is 7. The molecule has 0 amide bonds. The van der Waals surface area contributed by atoms with E-state index < -0.39 is 5.69 Å². The van der Waals surface area contributed by atoms with E-state index in [9.17, 15) is 9.90 Å². The maximum Gasteiger partial charge on any atom is 0.326 e. The molecule has 0 spiro atoms. The van der Waals surface area contributed by atoms with E-state index >= 15 is 0 Å². The van der Waals surface area contributed by atoms with Crippen LogP contribution < -0.4 is 21.7 Å². The number of para-hydroxylation sites is 1. The molecule has 11 nitrogen and oxygen atoms in total. The molecule has 0 saturated heterocycles. The molecule has 1 unspecified atom stereocenters. The molecule has 0 bridgehead atoms. The zero-order chi connectivity index (χ0) is 23.9. The summed E-state index contributed by atoms with van der Waals surface area (Å²) in [7, 11) is 0. The van der Waals surface area contributed by atoms with Gasteiger partial charge in [-0.2, -0.15) is 14.7 Å². The minimum Gasteiger partial charge on any atom is -0.493 e. The number of aromatic amines is 2. The van der Waals surface area contributed by atoms with Gasteiger partial charge in [-0.1, -0.05) is 18.2 Å². The quantitative estimate of drug-likeness (QED) is 0.296. The summed E-state index contributed by atoms with van der Waals surface area (Å²) in [5, 5.41) is 23.0. The number of benzene rings is 1. The first-order valence-electron chi connectivity index (χ1n) is 11.4. The molecule has 1 aromatic carbocycles. The zero-order valence-electron chi connectivity index (χ0n) is 18.9. The predicted molar refractivity (Wildman–Crippen MR) is 129 cm³/mol. The second-order valence-electron chi connectivity index (χ2n) is 8.56. The van der Waals surface area contributed by atoms with E-state index in [1.807, 2.05) is 41.2 Å². The summed E-state index contributed by atoms with van der Waals surface area (Å²) in [6.07, 6.45) is 9.04. The van der Waals surface area contributed by atoms with Crippen LogP contribution in [0.5, 0.6) is 5.88 Å². The molecule has 1 aliphatic carbocycles. The Morgan fingerprint density at radius 3 is 2.83 bits per heavy atom. The van der Waals surface area contributed by atoms with E-state index in [4.69, 9.17) is 9.98 Å². The summed E-state index contributed by atoms with van der Waals surface area (Å²) in [6, 6.07) is 12.1. The van der Waals surface area contributed by atoms with E-state index in [2.05, 4.69) is 38.5 Å². The molecule has 4 aromatic heterocycles. The van der Waals surface area contributed by atoms with E-state index in [-0.39, 0.29) is 23.7 Å². The molecule has 1 atom stereocenters. The summed E-state index contributed by atoms with van der Waals surface area (Å²) >= 11 is 0. The molecule has 6 rings (SSSR count). The third kappa shape index (κ3) is 4.07. The van der Waals surface area contributed by atoms with Gasteiger partial charge in [-0.25, -0.2) is 14.5 Å². The fraction of sp³-hybridized carbons (Fsp3) is 0.208. The minimum absolute atomic E-state index is 0.0838. The van der Waals surface area contributed by atoms with Gasteiger partial charge in [-0.15, -0.1) is 0 Å². The third-order valence-corrected chi connectivity index (χ3v) is 5.90. The SMILES string of the molecule is CC(Nc1cc(=NC2CC2)n2ncc(=Cc3[nH]c(=O)[nH]c3O)c2n1)c1ccccc1-n1cccn1. The predicted octanol–water partition coefficient (Wildman–Crippen LogP) is 1.42. The van der Waals surface area contributed by atoms with Crippen molar-refractivity contribution in [3.05, 3.63) is 87.4 Å². The first-order chi connectivity index (χ1) is 17.0. The van der Waals surface area contributed by atoms with Crippen molar-refractivity contribution >= 4 is 17.5 Å². The molecular weight excluding hydrogens is 446 g/mol. The lowest BCUT2D eigenvalue weighted by atomic mass is 10.1. The fourth-order valence-corrected chi connectivity index (χ4v) is 4.04. The van der Waals surface area contributed by atoms with Crippen LogP contribution in [0.4, 0.5) is 5.82 Å². The third-order valence-electron chi connectivity index (χ3n) is 5.90. The van der Waals surface area contributed by atoms with Gasteiger partial charge in [0.05, 0.1) is 24.0 Å². The van der Waals surface area contributed by atoms with Crippen LogP contribution in [0.3, 0.4) is 0 Å². The molecule has 176 valence electrons. The van der Waals surface area contributed by atoms with Gasteiger partial charge in [0.15, 0.2) is 11.1 Å². The first kappa shape index (κ1) is 20.9. The zero-order valence-corrected chi connectivity index (χ0v) is 18.9. The van der Waals surface area contributed by atoms with Crippen molar-refractivity contribution in [2.24, 2.45) is 4.99 Å². The van der Waals surface area contributed by atoms with Crippen LogP contribution in [0.1, 0.15) is 37.1 Å². The molecular formula is C24H23N9O2. The van der Waals surface area contributed by atoms with Crippen LogP contribution in [0, 0.1) is 0 Å². The molecule has 11 heteroatoms. The molecule has 35 heavy (non-hydrogen) atoms. The smallest absolute Gasteiger partial charge is 0.326 e. The van der Waals surface area contributed by atoms with Crippen molar-refractivity contribution in [2.75, 3.05) is 5.32 Å². The molecule has 1 saturated carbocycles. The number of fused-ring (bicyclic) bond motifs is 1. The van der Waals surface area contributed by atoms with Crippen LogP contribution >= 0.6 is 0 Å². The highest BCUT2D eigenvalue weighted by atomic mass is 16.3. The van der Waals surface area contributed by atoms with Crippen molar-refractivity contribution in [1.82, 2.24) is 34.3 Å². The number of anilines is 1. The Balaban J connectivity index is 1.44. The fourth-order valence-electron chi connectivity index (χ4n) is 4.04. The number of hydrogen-bond acceptors (Lipinski definition) is 7. The Labute approximate surface area is 198 Å². The lowest BCUT2D eigenvalue weighted by Gasteiger charge is -2.18. The van der Waals surface area contributed by atoms with Crippen molar-refractivity contribution in [2.45, 2.75) is 31.8 Å². The van der Waals surface area contributed by atoms with Gasteiger partial charge >= 0.3 is 5.69 Å². The highest BCUT2D eigenvalue weighted by Gasteiger charge is 2.21. The monoisotopic (exact) mass is 469 g/mol. The lowest BCUT2D eigenvalue weighted by molar-refractivity contribution is 0.454. The van der Waals surface area contributed by atoms with Crippen molar-refractivity contribution in [3.8, 4) is 11.6 Å². The second-order valence-corrected chi connectivity index (χ2v) is 8.56. The number of imidazole rings is 1. The summed E-state index contributed by atoms with van der Waals surface area (Å²) in [4.78, 5) is 26.1. The molecule has 1 fully saturated rings. The standard InChI is InChI=1S/C24H23N9O2/c1-14(17-5-2-3-6-19(17)32-10-4-9-25-32)27-20-12-21(28-16-7-8-16)33-22(30-20)15(13-26-33)11-18-23(34)31-24(35)29-18/h2-6,9-14,16,27,34H,7-8H2,1H3,(H2,29,31,35). The Hall–Kier alpha value is -4.67. The number of hydrogen-bond donors (Lipinski definition) is 4. The molecule has 5 aromatic rings. The van der Waals surface area contributed by atoms with E-state index in [0.717, 1.165) is 24.1 Å². The van der Waals surface area contributed by atoms with Gasteiger partial charge in [0.2, 0.25) is 5.88 Å². The van der Waals surface area contributed by atoms with Crippen LogP contribution in [-0.2, 0) is 0 Å². The summed E-state index contributed by atoms with van der Waals surface area (Å²) < 4.78 is 3.52. The van der Waals surface area contributed by atoms with Gasteiger partial charge in [0.25, 0.3) is 0 Å². The van der Waals surface area contributed by atoms with E-state index in [1.165, 1.54) is 0 Å². The van der Waals surface area contributed by atoms with Gasteiger partial charge in [-0.3, -0.25) is 9.98 Å². The topological polar surface area (TPSA) is 141 Å². The van der Waals surface area contributed by atoms with Crippen LogP contribution in [0.25, 0.3) is 17.4 Å². The number of rotatable bonds is 6. The largest absolute Gasteiger partial charge is 0.493 e. The molecule has 4 heterocycles. The van der Waals surface area contributed by atoms with Crippen molar-refractivity contribution in [3.63, 3.8) is 0 Å². The van der Waals surface area contributed by atoms with Crippen LogP contribution in [0.15, 0.2) is 64.8 Å². The van der Waals surface area contributed by atoms with Gasteiger partial charge < -0.3 is 15.4 Å². The second kappa shape index (κ2) is 8.28. The maximum absolute atomic E-state index is 11.5. The van der Waals surface area contributed by atoms with Crippen molar-refractivity contribution < 1.29 is 5.11 Å². The molecule has 1 aliphatic rings. The average Bonchev–Trinajstić information content (AvgIpc) is 3.20. The number of aromatic hydroxyl groups is 1. The highest BCUT2D eigenvalue weighted by Crippen LogP contribution is 2.25. The Morgan fingerprint density at radius 2 is 2.09 bits per heavy atom. The summed E-state index contributed by atoms with van der Waals surface area (Å²) in [5.41, 5.74) is 3.06. The maximum atomic E-state index is 11.5. The van der Waals surface area contributed by atoms with Crippen LogP contribution in [-0.4, -0.2) is 45.5 Å².